The minimum Gasteiger partial charge on any atom is -0.490 e. The molecule has 1 heterocycles. The lowest BCUT2D eigenvalue weighted by Gasteiger charge is -2.38. The van der Waals surface area contributed by atoms with Crippen LogP contribution < -0.4 is 9.46 Å². The van der Waals surface area contributed by atoms with Gasteiger partial charge in [-0.1, -0.05) is 6.42 Å². The highest BCUT2D eigenvalue weighted by molar-refractivity contribution is 9.10. The van der Waals surface area contributed by atoms with Crippen LogP contribution in [0.5, 0.6) is 5.75 Å². The van der Waals surface area contributed by atoms with Crippen molar-refractivity contribution in [3.8, 4) is 5.75 Å². The molecule has 0 radical (unpaired) electrons. The van der Waals surface area contributed by atoms with Crippen LogP contribution in [0.15, 0.2) is 39.7 Å². The molecule has 176 valence electrons. The van der Waals surface area contributed by atoms with Crippen molar-refractivity contribution in [3.05, 3.63) is 51.7 Å². The van der Waals surface area contributed by atoms with E-state index in [0.717, 1.165) is 68.5 Å². The lowest BCUT2D eigenvalue weighted by molar-refractivity contribution is -0.125. The molecule has 0 unspecified atom stereocenters. The van der Waals surface area contributed by atoms with E-state index < -0.39 is 21.3 Å². The molecule has 2 aromatic rings. The van der Waals surface area contributed by atoms with Gasteiger partial charge in [0.2, 0.25) is 0 Å². The number of fused-ring (bicyclic) bond motifs is 2. The highest BCUT2D eigenvalue weighted by Crippen LogP contribution is 2.53. The van der Waals surface area contributed by atoms with Crippen LogP contribution in [0.2, 0.25) is 0 Å². The van der Waals surface area contributed by atoms with Gasteiger partial charge in [-0.3, -0.25) is 9.52 Å². The number of nitrogens with one attached hydrogen (secondary N) is 1. The van der Waals surface area contributed by atoms with Gasteiger partial charge in [-0.2, -0.15) is 0 Å². The summed E-state index contributed by atoms with van der Waals surface area (Å²) in [6.07, 6.45) is 4.66. The number of hydrogen-bond donors (Lipinski definition) is 1. The van der Waals surface area contributed by atoms with Gasteiger partial charge in [0, 0.05) is 35.6 Å². The number of nitrogens with zero attached hydrogens (tertiary/aromatic N) is 1. The number of carbonyl (C=O) groups is 1. The Bertz CT molecular complexity index is 1220. The number of sulfonamides is 1. The van der Waals surface area contributed by atoms with Crippen molar-refractivity contribution in [2.24, 2.45) is 0 Å². The van der Waals surface area contributed by atoms with Gasteiger partial charge in [0.15, 0.2) is 0 Å². The number of Topliss-reactive ketones (excluding diaryl/α,β-unsaturated/α-hetero) is 1. The second-order valence-corrected chi connectivity index (χ2v) is 11.8. The van der Waals surface area contributed by atoms with E-state index in [0.29, 0.717) is 17.9 Å². The Hall–Kier alpha value is -1.97. The van der Waals surface area contributed by atoms with Crippen LogP contribution in [0.4, 0.5) is 10.1 Å². The molecule has 1 N–H and O–H groups in total. The summed E-state index contributed by atoms with van der Waals surface area (Å²) >= 11 is 3.14. The van der Waals surface area contributed by atoms with E-state index in [1.165, 1.54) is 6.07 Å². The Morgan fingerprint density at radius 3 is 2.55 bits per heavy atom. The molecule has 6 nitrogen and oxygen atoms in total. The molecule has 5 rings (SSSR count). The molecule has 0 amide bonds. The summed E-state index contributed by atoms with van der Waals surface area (Å²) in [5.41, 5.74) is 1.62. The molecule has 0 bridgehead atoms. The van der Waals surface area contributed by atoms with Crippen molar-refractivity contribution >= 4 is 37.4 Å². The van der Waals surface area contributed by atoms with E-state index in [1.54, 1.807) is 12.1 Å². The minimum atomic E-state index is -3.99. The summed E-state index contributed by atoms with van der Waals surface area (Å²) in [5, 5.41) is 0. The first-order valence-corrected chi connectivity index (χ1v) is 13.5. The number of rotatable bonds is 5. The lowest BCUT2D eigenvalue weighted by Crippen LogP contribution is -2.39. The zero-order valence-corrected chi connectivity index (χ0v) is 20.8. The SMILES string of the molecule is CN1CCC(Oc2cc(NS(=O)(=O)c3ccc(F)cc3Br)cc3c2CC(=O)C32CCC2)CC1. The molecule has 0 aromatic heterocycles. The summed E-state index contributed by atoms with van der Waals surface area (Å²) in [6.45, 7) is 1.86. The molecule has 1 saturated heterocycles. The maximum Gasteiger partial charge on any atom is 0.263 e. The van der Waals surface area contributed by atoms with Gasteiger partial charge in [-0.15, -0.1) is 0 Å². The van der Waals surface area contributed by atoms with Crippen LogP contribution in [0.3, 0.4) is 0 Å². The van der Waals surface area contributed by atoms with Crippen LogP contribution in [0.1, 0.15) is 43.2 Å². The van der Waals surface area contributed by atoms with Crippen molar-refractivity contribution in [2.75, 3.05) is 24.9 Å². The predicted octanol–water partition coefficient (Wildman–Crippen LogP) is 4.41. The van der Waals surface area contributed by atoms with Crippen molar-refractivity contribution < 1.29 is 22.3 Å². The number of benzene rings is 2. The van der Waals surface area contributed by atoms with E-state index in [1.807, 2.05) is 0 Å². The average molecular weight is 537 g/mol. The Morgan fingerprint density at radius 2 is 1.91 bits per heavy atom. The van der Waals surface area contributed by atoms with Crippen LogP contribution in [-0.4, -0.2) is 45.3 Å². The first-order chi connectivity index (χ1) is 15.7. The van der Waals surface area contributed by atoms with Gasteiger partial charge in [0.1, 0.15) is 28.3 Å². The number of anilines is 1. The number of ether oxygens (including phenoxy) is 1. The standard InChI is InChI=1S/C24H26BrFN2O4S/c1-28-9-5-17(6-10-28)32-21-13-16(12-19-18(21)14-23(29)24(19)7-2-8-24)27-33(30,31)22-4-3-15(26)11-20(22)25/h3-4,11-13,17,27H,2,5-10,14H2,1H3. The molecule has 1 aliphatic heterocycles. The molecule has 1 spiro atoms. The molecule has 1 saturated carbocycles. The number of carbonyl (C=O) groups excluding carboxylic acids is 1. The zero-order chi connectivity index (χ0) is 23.4. The number of likely N-dealkylation sites (tertiary alicyclic amines) is 1. The quantitative estimate of drug-likeness (QED) is 0.612. The number of hydrogen-bond acceptors (Lipinski definition) is 5. The van der Waals surface area contributed by atoms with Crippen molar-refractivity contribution in [2.45, 2.75) is 54.9 Å². The van der Waals surface area contributed by atoms with E-state index in [9.17, 15) is 17.6 Å². The van der Waals surface area contributed by atoms with Crippen LogP contribution in [0, 0.1) is 5.82 Å². The summed E-state index contributed by atoms with van der Waals surface area (Å²) in [5.74, 6) is 0.255. The Balaban J connectivity index is 1.52. The van der Waals surface area contributed by atoms with Gasteiger partial charge in [-0.05, 0) is 78.5 Å². The Kier molecular flexibility index (Phi) is 5.77. The van der Waals surface area contributed by atoms with Crippen molar-refractivity contribution in [1.82, 2.24) is 4.90 Å². The summed E-state index contributed by atoms with van der Waals surface area (Å²) in [7, 11) is -1.91. The van der Waals surface area contributed by atoms with Gasteiger partial charge in [0.25, 0.3) is 10.0 Å². The fraction of sp³-hybridized carbons (Fsp3) is 0.458. The van der Waals surface area contributed by atoms with Gasteiger partial charge in [0.05, 0.1) is 11.1 Å². The Morgan fingerprint density at radius 1 is 1.18 bits per heavy atom. The molecule has 33 heavy (non-hydrogen) atoms. The summed E-state index contributed by atoms with van der Waals surface area (Å²) in [6, 6.07) is 6.93. The number of piperidine rings is 1. The third-order valence-corrected chi connectivity index (χ3v) is 9.56. The van der Waals surface area contributed by atoms with E-state index in [4.69, 9.17) is 4.74 Å². The molecule has 0 atom stereocenters. The monoisotopic (exact) mass is 536 g/mol. The largest absolute Gasteiger partial charge is 0.490 e. The first kappa shape index (κ1) is 22.8. The minimum absolute atomic E-state index is 0.0245. The zero-order valence-electron chi connectivity index (χ0n) is 18.4. The first-order valence-electron chi connectivity index (χ1n) is 11.2. The van der Waals surface area contributed by atoms with Crippen molar-refractivity contribution in [3.63, 3.8) is 0 Å². The summed E-state index contributed by atoms with van der Waals surface area (Å²) < 4.78 is 48.8. The maximum atomic E-state index is 13.5. The number of ketones is 1. The Labute approximate surface area is 201 Å². The van der Waals surface area contributed by atoms with Crippen LogP contribution >= 0.6 is 15.9 Å². The second-order valence-electron chi connectivity index (χ2n) is 9.34. The smallest absolute Gasteiger partial charge is 0.263 e. The molecule has 2 aliphatic carbocycles. The normalized spacial score (nSPS) is 20.5. The van der Waals surface area contributed by atoms with Gasteiger partial charge in [-0.25, -0.2) is 12.8 Å². The molecular formula is C24H26BrFN2O4S. The third kappa shape index (κ3) is 4.08. The second kappa shape index (κ2) is 8.36. The van der Waals surface area contributed by atoms with Crippen molar-refractivity contribution in [1.29, 1.82) is 0 Å². The highest BCUT2D eigenvalue weighted by Gasteiger charge is 2.51. The fourth-order valence-corrected chi connectivity index (χ4v) is 7.25. The molecule has 3 aliphatic rings. The maximum absolute atomic E-state index is 13.5. The predicted molar refractivity (Wildman–Crippen MR) is 127 cm³/mol. The molecule has 2 fully saturated rings. The number of halogens is 2. The van der Waals surface area contributed by atoms with E-state index >= 15 is 0 Å². The lowest BCUT2D eigenvalue weighted by atomic mass is 9.64. The average Bonchev–Trinajstić information content (AvgIpc) is 3.01. The fourth-order valence-electron chi connectivity index (χ4n) is 5.16. The van der Waals surface area contributed by atoms with Crippen LogP contribution in [-0.2, 0) is 26.7 Å². The van der Waals surface area contributed by atoms with Gasteiger partial charge >= 0.3 is 0 Å². The summed E-state index contributed by atoms with van der Waals surface area (Å²) in [4.78, 5) is 15.2. The van der Waals surface area contributed by atoms with E-state index in [-0.39, 0.29) is 21.3 Å². The molecular weight excluding hydrogens is 511 g/mol. The van der Waals surface area contributed by atoms with E-state index in [2.05, 4.69) is 32.6 Å². The topological polar surface area (TPSA) is 75.7 Å². The van der Waals surface area contributed by atoms with Crippen LogP contribution in [0.25, 0.3) is 0 Å². The molecule has 2 aromatic carbocycles. The highest BCUT2D eigenvalue weighted by atomic mass is 79.9. The van der Waals surface area contributed by atoms with Gasteiger partial charge < -0.3 is 9.64 Å². The molecule has 9 heteroatoms. The third-order valence-electron chi connectivity index (χ3n) is 7.20.